The summed E-state index contributed by atoms with van der Waals surface area (Å²) in [6, 6.07) is 15.0. The van der Waals surface area contributed by atoms with Crippen LogP contribution in [0.15, 0.2) is 72.9 Å². The number of rotatable bonds is 4. The number of halogens is 6. The highest BCUT2D eigenvalue weighted by atomic mass is 19.4. The molecule has 0 spiro atoms. The van der Waals surface area contributed by atoms with Gasteiger partial charge in [-0.25, -0.2) is 9.67 Å². The van der Waals surface area contributed by atoms with Crippen LogP contribution in [0.2, 0.25) is 0 Å². The average Bonchev–Trinajstić information content (AvgIpc) is 3.30. The topological polar surface area (TPSA) is 43.6 Å². The van der Waals surface area contributed by atoms with Crippen LogP contribution in [-0.4, -0.2) is 19.7 Å². The zero-order valence-corrected chi connectivity index (χ0v) is 18.0. The van der Waals surface area contributed by atoms with Gasteiger partial charge in [0.2, 0.25) is 0 Å². The molecule has 4 rings (SSSR count). The summed E-state index contributed by atoms with van der Waals surface area (Å²) in [6.07, 6.45) is -7.51. The molecule has 0 amide bonds. The molecule has 0 aliphatic carbocycles. The molecule has 0 saturated heterocycles. The number of hydrogen-bond donors (Lipinski definition) is 0. The number of hydrogen-bond acceptors (Lipinski definition) is 3. The van der Waals surface area contributed by atoms with Gasteiger partial charge in [-0.15, -0.1) is 0 Å². The van der Waals surface area contributed by atoms with Crippen molar-refractivity contribution in [1.29, 1.82) is 0 Å². The van der Waals surface area contributed by atoms with E-state index in [2.05, 4.69) is 15.1 Å². The fourth-order valence-corrected chi connectivity index (χ4v) is 3.42. The Morgan fingerprint density at radius 3 is 1.85 bits per heavy atom. The van der Waals surface area contributed by atoms with Gasteiger partial charge in [0.25, 0.3) is 0 Å². The second-order valence-corrected chi connectivity index (χ2v) is 8.13. The van der Waals surface area contributed by atoms with Gasteiger partial charge in [-0.3, -0.25) is 4.98 Å². The first kappa shape index (κ1) is 23.5. The first-order chi connectivity index (χ1) is 15.9. The van der Waals surface area contributed by atoms with Gasteiger partial charge in [-0.1, -0.05) is 18.2 Å². The van der Waals surface area contributed by atoms with E-state index in [4.69, 9.17) is 0 Å². The van der Waals surface area contributed by atoms with Crippen molar-refractivity contribution in [3.8, 4) is 17.1 Å². The SMILES string of the molecule is CC(C)(c1cccc(-c2cccc(C(F)(F)F)n2)n1)c1ccn(-c2cccc(C(F)(F)F)c2)n1. The highest BCUT2D eigenvalue weighted by Crippen LogP contribution is 2.33. The van der Waals surface area contributed by atoms with Gasteiger partial charge in [-0.2, -0.15) is 31.4 Å². The van der Waals surface area contributed by atoms with Crippen molar-refractivity contribution in [3.05, 3.63) is 95.6 Å². The van der Waals surface area contributed by atoms with E-state index in [1.54, 1.807) is 30.5 Å². The third-order valence-electron chi connectivity index (χ3n) is 5.36. The van der Waals surface area contributed by atoms with E-state index < -0.39 is 29.0 Å². The summed E-state index contributed by atoms with van der Waals surface area (Å²) in [4.78, 5) is 8.20. The zero-order chi connectivity index (χ0) is 24.7. The number of benzene rings is 1. The minimum absolute atomic E-state index is 0.0713. The quantitative estimate of drug-likeness (QED) is 0.308. The van der Waals surface area contributed by atoms with Crippen molar-refractivity contribution < 1.29 is 26.3 Å². The Labute approximate surface area is 190 Å². The molecule has 0 atom stereocenters. The van der Waals surface area contributed by atoms with Crippen molar-refractivity contribution >= 4 is 0 Å². The van der Waals surface area contributed by atoms with Gasteiger partial charge in [0.15, 0.2) is 0 Å². The van der Waals surface area contributed by atoms with Crippen molar-refractivity contribution in [2.45, 2.75) is 31.6 Å². The molecule has 1 aromatic carbocycles. The molecule has 0 saturated carbocycles. The molecule has 0 bridgehead atoms. The second-order valence-electron chi connectivity index (χ2n) is 8.13. The monoisotopic (exact) mass is 476 g/mol. The van der Waals surface area contributed by atoms with Gasteiger partial charge < -0.3 is 0 Å². The van der Waals surface area contributed by atoms with Gasteiger partial charge in [0.05, 0.1) is 39.4 Å². The maximum absolute atomic E-state index is 13.1. The maximum Gasteiger partial charge on any atom is 0.433 e. The molecule has 0 radical (unpaired) electrons. The van der Waals surface area contributed by atoms with E-state index in [1.165, 1.54) is 28.9 Å². The van der Waals surface area contributed by atoms with Crippen LogP contribution in [0, 0.1) is 0 Å². The first-order valence-electron chi connectivity index (χ1n) is 10.1. The molecule has 4 nitrogen and oxygen atoms in total. The minimum Gasteiger partial charge on any atom is -0.250 e. The predicted molar refractivity (Wildman–Crippen MR) is 113 cm³/mol. The lowest BCUT2D eigenvalue weighted by Gasteiger charge is -2.22. The first-order valence-corrected chi connectivity index (χ1v) is 10.1. The Bertz CT molecular complexity index is 1320. The summed E-state index contributed by atoms with van der Waals surface area (Å²) < 4.78 is 79.7. The molecule has 3 heterocycles. The van der Waals surface area contributed by atoms with Gasteiger partial charge >= 0.3 is 12.4 Å². The Morgan fingerprint density at radius 1 is 0.647 bits per heavy atom. The van der Waals surface area contributed by atoms with Crippen LogP contribution >= 0.6 is 0 Å². The van der Waals surface area contributed by atoms with E-state index in [0.29, 0.717) is 11.4 Å². The number of pyridine rings is 2. The van der Waals surface area contributed by atoms with Crippen LogP contribution in [-0.2, 0) is 17.8 Å². The van der Waals surface area contributed by atoms with E-state index in [-0.39, 0.29) is 17.1 Å². The average molecular weight is 476 g/mol. The summed E-state index contributed by atoms with van der Waals surface area (Å²) in [6.45, 7) is 3.63. The Hall–Kier alpha value is -3.69. The molecule has 3 aromatic heterocycles. The summed E-state index contributed by atoms with van der Waals surface area (Å²) in [5.74, 6) is 0. The van der Waals surface area contributed by atoms with E-state index in [9.17, 15) is 26.3 Å². The molecule has 0 aliphatic heterocycles. The Balaban J connectivity index is 1.68. The van der Waals surface area contributed by atoms with E-state index >= 15 is 0 Å². The third-order valence-corrected chi connectivity index (χ3v) is 5.36. The summed E-state index contributed by atoms with van der Waals surface area (Å²) in [5.41, 5.74) is -1.00. The lowest BCUT2D eigenvalue weighted by atomic mass is 9.85. The number of alkyl halides is 6. The van der Waals surface area contributed by atoms with Crippen LogP contribution in [0.1, 0.15) is 36.5 Å². The van der Waals surface area contributed by atoms with Gasteiger partial charge in [0, 0.05) is 6.20 Å². The summed E-state index contributed by atoms with van der Waals surface area (Å²) in [7, 11) is 0. The largest absolute Gasteiger partial charge is 0.433 e. The lowest BCUT2D eigenvalue weighted by Crippen LogP contribution is -2.22. The highest BCUT2D eigenvalue weighted by molar-refractivity contribution is 5.55. The molecule has 0 N–H and O–H groups in total. The molecular weight excluding hydrogens is 458 g/mol. The molecule has 0 unspecified atom stereocenters. The number of aromatic nitrogens is 4. The predicted octanol–water partition coefficient (Wildman–Crippen LogP) is 6.69. The summed E-state index contributed by atoms with van der Waals surface area (Å²) in [5, 5.41) is 4.45. The lowest BCUT2D eigenvalue weighted by molar-refractivity contribution is -0.141. The third kappa shape index (κ3) is 4.66. The normalized spacial score (nSPS) is 12.7. The van der Waals surface area contributed by atoms with E-state index in [1.807, 2.05) is 13.8 Å². The minimum atomic E-state index is -4.58. The second kappa shape index (κ2) is 8.27. The van der Waals surface area contributed by atoms with Crippen molar-refractivity contribution in [2.75, 3.05) is 0 Å². The maximum atomic E-state index is 13.1. The van der Waals surface area contributed by atoms with Gasteiger partial charge in [0.1, 0.15) is 5.69 Å². The molecule has 0 fully saturated rings. The fourth-order valence-electron chi connectivity index (χ4n) is 3.42. The smallest absolute Gasteiger partial charge is 0.250 e. The zero-order valence-electron chi connectivity index (χ0n) is 18.0. The number of nitrogens with zero attached hydrogens (tertiary/aromatic N) is 4. The van der Waals surface area contributed by atoms with Crippen LogP contribution < -0.4 is 0 Å². The molecule has 176 valence electrons. The molecule has 34 heavy (non-hydrogen) atoms. The highest BCUT2D eigenvalue weighted by Gasteiger charge is 2.33. The Kier molecular flexibility index (Phi) is 5.71. The van der Waals surface area contributed by atoms with Crippen molar-refractivity contribution in [3.63, 3.8) is 0 Å². The van der Waals surface area contributed by atoms with Crippen molar-refractivity contribution in [1.82, 2.24) is 19.7 Å². The fraction of sp³-hybridized carbons (Fsp3) is 0.208. The van der Waals surface area contributed by atoms with Crippen LogP contribution in [0.5, 0.6) is 0 Å². The van der Waals surface area contributed by atoms with Crippen LogP contribution in [0.3, 0.4) is 0 Å². The standard InChI is InChI=1S/C24H18F6N4/c1-22(2,20-12-13-34(33-20)16-7-3-6-15(14-16)23(25,26)27)19-10-4-8-17(31-19)18-9-5-11-21(32-18)24(28,29)30/h3-14H,1-2H3. The van der Waals surface area contributed by atoms with Gasteiger partial charge in [-0.05, 0) is 62.4 Å². The molecule has 0 aliphatic rings. The van der Waals surface area contributed by atoms with Crippen LogP contribution in [0.25, 0.3) is 17.1 Å². The molecule has 10 heteroatoms. The van der Waals surface area contributed by atoms with Crippen molar-refractivity contribution in [2.24, 2.45) is 0 Å². The summed E-state index contributed by atoms with van der Waals surface area (Å²) >= 11 is 0. The van der Waals surface area contributed by atoms with Crippen LogP contribution in [0.4, 0.5) is 26.3 Å². The molecular formula is C24H18F6N4. The molecule has 4 aromatic rings. The Morgan fingerprint density at radius 2 is 1.24 bits per heavy atom. The van der Waals surface area contributed by atoms with E-state index in [0.717, 1.165) is 18.2 Å².